The number of esters is 1. The van der Waals surface area contributed by atoms with Gasteiger partial charge in [0, 0.05) is 39.3 Å². The number of hydrogen-bond donors (Lipinski definition) is 2. The van der Waals surface area contributed by atoms with Gasteiger partial charge in [-0.1, -0.05) is 68.0 Å². The largest absolute Gasteiger partial charge is 0.455 e. The normalized spacial score (nSPS) is 33.2. The maximum atomic E-state index is 14.4. The van der Waals surface area contributed by atoms with Gasteiger partial charge < -0.3 is 34.4 Å². The van der Waals surface area contributed by atoms with Gasteiger partial charge in [-0.05, 0) is 31.7 Å². The van der Waals surface area contributed by atoms with Crippen LogP contribution in [0.1, 0.15) is 57.6 Å². The minimum absolute atomic E-state index is 0.0648. The Balaban J connectivity index is 1.59. The van der Waals surface area contributed by atoms with Crippen LogP contribution in [0.3, 0.4) is 0 Å². The molecule has 1 aromatic carbocycles. The number of likely N-dealkylation sites (tertiary alicyclic amines) is 1. The molecule has 244 valence electrons. The Labute approximate surface area is 264 Å². The Morgan fingerprint density at radius 3 is 2.62 bits per heavy atom. The Morgan fingerprint density at radius 2 is 1.91 bits per heavy atom. The van der Waals surface area contributed by atoms with Crippen molar-refractivity contribution in [3.63, 3.8) is 0 Å². The monoisotopic (exact) mass is 623 g/mol. The molecule has 2 saturated heterocycles. The molecule has 0 aromatic heterocycles. The zero-order valence-corrected chi connectivity index (χ0v) is 26.3. The van der Waals surface area contributed by atoms with E-state index in [0.29, 0.717) is 18.5 Å². The third kappa shape index (κ3) is 6.30. The van der Waals surface area contributed by atoms with Gasteiger partial charge in [-0.3, -0.25) is 19.2 Å². The molecule has 45 heavy (non-hydrogen) atoms. The predicted octanol–water partition coefficient (Wildman–Crippen LogP) is 2.30. The molecule has 11 heteroatoms. The van der Waals surface area contributed by atoms with Crippen LogP contribution in [0.15, 0.2) is 54.6 Å². The number of benzene rings is 1. The molecule has 0 aliphatic carbocycles. The molecule has 0 bridgehead atoms. The van der Waals surface area contributed by atoms with Gasteiger partial charge in [-0.25, -0.2) is 0 Å². The lowest BCUT2D eigenvalue weighted by Crippen LogP contribution is -2.56. The summed E-state index contributed by atoms with van der Waals surface area (Å²) in [5.74, 6) is -3.57. The van der Waals surface area contributed by atoms with Gasteiger partial charge >= 0.3 is 5.97 Å². The fourth-order valence-electron chi connectivity index (χ4n) is 7.36. The van der Waals surface area contributed by atoms with E-state index in [1.54, 1.807) is 23.1 Å². The number of rotatable bonds is 9. The van der Waals surface area contributed by atoms with Gasteiger partial charge in [-0.2, -0.15) is 0 Å². The van der Waals surface area contributed by atoms with E-state index in [1.165, 1.54) is 12.0 Å². The molecular formula is C34H45N3O8. The second-order valence-corrected chi connectivity index (χ2v) is 12.3. The van der Waals surface area contributed by atoms with E-state index in [4.69, 9.17) is 14.2 Å². The van der Waals surface area contributed by atoms with E-state index < -0.39 is 47.7 Å². The van der Waals surface area contributed by atoms with Gasteiger partial charge in [0.25, 0.3) is 0 Å². The van der Waals surface area contributed by atoms with E-state index in [0.717, 1.165) is 12.8 Å². The summed E-state index contributed by atoms with van der Waals surface area (Å²) < 4.78 is 18.4. The summed E-state index contributed by atoms with van der Waals surface area (Å²) >= 11 is 0. The van der Waals surface area contributed by atoms with Crippen molar-refractivity contribution in [2.75, 3.05) is 33.4 Å². The number of aliphatic hydroxyl groups excluding tert-OH is 1. The van der Waals surface area contributed by atoms with Crippen molar-refractivity contribution < 1.29 is 38.5 Å². The number of hydrogen-bond acceptors (Lipinski definition) is 8. The summed E-state index contributed by atoms with van der Waals surface area (Å²) in [6.45, 7) is 4.49. The fourth-order valence-corrected chi connectivity index (χ4v) is 7.36. The standard InChI is InChI=1S/C34H45N3O8/c1-4-12-22(2)36-18-10-17-34-28(31(40)37(19-11-20-38)30(34)32(36)41)27-25(45-34)15-8-9-16-26(39)35-24(21-43-3)29(44-33(27)42)23-13-6-5-7-14-23/h5-8,10,13-15,17,22,24-25,27-30,38H,4,9,11-12,16,18-21H2,1-3H3,(H,35,39)/b15-8-/t22?,24-,25-,27+,28+,29-,30-,34+/m1/s1. The van der Waals surface area contributed by atoms with Crippen LogP contribution in [0.2, 0.25) is 0 Å². The molecule has 4 aliphatic rings. The molecule has 8 atom stereocenters. The summed E-state index contributed by atoms with van der Waals surface area (Å²) in [4.78, 5) is 59.4. The number of aliphatic hydroxyl groups is 1. The molecule has 2 N–H and O–H groups in total. The first kappa shape index (κ1) is 32.8. The summed E-state index contributed by atoms with van der Waals surface area (Å²) in [6, 6.07) is 7.36. The summed E-state index contributed by atoms with van der Waals surface area (Å²) in [7, 11) is 1.51. The number of amides is 3. The van der Waals surface area contributed by atoms with E-state index >= 15 is 0 Å². The van der Waals surface area contributed by atoms with Gasteiger partial charge in [-0.15, -0.1) is 0 Å². The number of allylic oxidation sites excluding steroid dienone is 1. The van der Waals surface area contributed by atoms with Crippen LogP contribution in [0.5, 0.6) is 0 Å². The number of ether oxygens (including phenoxy) is 3. The van der Waals surface area contributed by atoms with E-state index in [-0.39, 0.29) is 56.4 Å². The first-order valence-corrected chi connectivity index (χ1v) is 16.0. The third-order valence-corrected chi connectivity index (χ3v) is 9.39. The van der Waals surface area contributed by atoms with Crippen molar-refractivity contribution in [1.82, 2.24) is 15.1 Å². The van der Waals surface area contributed by atoms with Crippen LogP contribution >= 0.6 is 0 Å². The molecule has 0 saturated carbocycles. The first-order chi connectivity index (χ1) is 21.8. The van der Waals surface area contributed by atoms with Gasteiger partial charge in [0.1, 0.15) is 23.7 Å². The summed E-state index contributed by atoms with van der Waals surface area (Å²) in [5, 5.41) is 12.6. The molecule has 5 rings (SSSR count). The fraction of sp³-hybridized carbons (Fsp3) is 0.588. The highest BCUT2D eigenvalue weighted by Crippen LogP contribution is 2.53. The van der Waals surface area contributed by atoms with Crippen molar-refractivity contribution in [3.05, 3.63) is 60.2 Å². The van der Waals surface area contributed by atoms with Crippen molar-refractivity contribution in [2.45, 2.75) is 81.9 Å². The van der Waals surface area contributed by atoms with E-state index in [1.807, 2.05) is 43.3 Å². The van der Waals surface area contributed by atoms with Gasteiger partial charge in [0.05, 0.1) is 24.7 Å². The molecule has 1 aromatic rings. The lowest BCUT2D eigenvalue weighted by Gasteiger charge is -2.37. The van der Waals surface area contributed by atoms with Crippen molar-refractivity contribution in [2.24, 2.45) is 11.8 Å². The van der Waals surface area contributed by atoms with Crippen LogP contribution in [0.25, 0.3) is 0 Å². The lowest BCUT2D eigenvalue weighted by molar-refractivity contribution is -0.162. The molecule has 1 spiro atoms. The number of carbonyl (C=O) groups is 4. The number of nitrogens with zero attached hydrogens (tertiary/aromatic N) is 2. The lowest BCUT2D eigenvalue weighted by atomic mass is 9.77. The second-order valence-electron chi connectivity index (χ2n) is 12.3. The first-order valence-electron chi connectivity index (χ1n) is 16.0. The van der Waals surface area contributed by atoms with E-state index in [2.05, 4.69) is 12.2 Å². The molecule has 4 aliphatic heterocycles. The van der Waals surface area contributed by atoms with Crippen LogP contribution in [0, 0.1) is 11.8 Å². The average Bonchev–Trinajstić information content (AvgIpc) is 3.40. The number of carbonyl (C=O) groups excluding carboxylic acids is 4. The zero-order chi connectivity index (χ0) is 32.1. The molecule has 3 amide bonds. The number of nitrogens with one attached hydrogen (secondary N) is 1. The smallest absolute Gasteiger partial charge is 0.313 e. The van der Waals surface area contributed by atoms with Crippen LogP contribution in [-0.4, -0.2) is 102 Å². The SMILES string of the molecule is CCCC(C)N1CC=C[C@]23O[C@@H]4/C=C\CCC(=O)N[C@H](COC)[C@@H](c5ccccc5)OC(=O)[C@@H]4[C@H]2C(=O)N(CCCO)[C@@H]3C1=O. The Hall–Kier alpha value is -3.54. The van der Waals surface area contributed by atoms with Crippen molar-refractivity contribution in [3.8, 4) is 0 Å². The number of cyclic esters (lactones) is 1. The minimum Gasteiger partial charge on any atom is -0.455 e. The Bertz CT molecular complexity index is 1300. The maximum Gasteiger partial charge on any atom is 0.313 e. The highest BCUT2D eigenvalue weighted by molar-refractivity contribution is 5.99. The summed E-state index contributed by atoms with van der Waals surface area (Å²) in [6.07, 6.45) is 7.94. The Morgan fingerprint density at radius 1 is 1.13 bits per heavy atom. The van der Waals surface area contributed by atoms with Crippen LogP contribution < -0.4 is 5.32 Å². The second kappa shape index (κ2) is 14.3. The highest BCUT2D eigenvalue weighted by atomic mass is 16.6. The van der Waals surface area contributed by atoms with Crippen molar-refractivity contribution in [1.29, 1.82) is 0 Å². The number of fused-ring (bicyclic) bond motifs is 2. The molecular weight excluding hydrogens is 578 g/mol. The highest BCUT2D eigenvalue weighted by Gasteiger charge is 2.71. The molecule has 1 unspecified atom stereocenters. The topological polar surface area (TPSA) is 135 Å². The zero-order valence-electron chi connectivity index (χ0n) is 26.3. The Kier molecular flexibility index (Phi) is 10.4. The maximum absolute atomic E-state index is 14.4. The average molecular weight is 624 g/mol. The van der Waals surface area contributed by atoms with Crippen molar-refractivity contribution >= 4 is 23.7 Å². The van der Waals surface area contributed by atoms with Crippen LogP contribution in [-0.2, 0) is 33.4 Å². The van der Waals surface area contributed by atoms with E-state index in [9.17, 15) is 24.3 Å². The minimum atomic E-state index is -1.41. The molecule has 0 radical (unpaired) electrons. The summed E-state index contributed by atoms with van der Waals surface area (Å²) in [5.41, 5.74) is -0.748. The molecule has 4 heterocycles. The molecule has 2 fully saturated rings. The van der Waals surface area contributed by atoms with Gasteiger partial charge in [0.15, 0.2) is 0 Å². The third-order valence-electron chi connectivity index (χ3n) is 9.39. The van der Waals surface area contributed by atoms with Gasteiger partial charge in [0.2, 0.25) is 17.7 Å². The number of methoxy groups -OCH3 is 1. The van der Waals surface area contributed by atoms with Crippen LogP contribution in [0.4, 0.5) is 0 Å². The quantitative estimate of drug-likeness (QED) is 0.316. The molecule has 11 nitrogen and oxygen atoms in total. The predicted molar refractivity (Wildman–Crippen MR) is 164 cm³/mol.